The molecular formula is C34H36O4. The van der Waals surface area contributed by atoms with Gasteiger partial charge >= 0.3 is 11.9 Å². The average molecular weight is 509 g/mol. The topological polar surface area (TPSA) is 63.6 Å². The van der Waals surface area contributed by atoms with Gasteiger partial charge < -0.3 is 9.84 Å². The van der Waals surface area contributed by atoms with Crippen molar-refractivity contribution in [3.63, 3.8) is 0 Å². The quantitative estimate of drug-likeness (QED) is 0.162. The molecule has 0 aliphatic rings. The van der Waals surface area contributed by atoms with Gasteiger partial charge in [0.2, 0.25) is 0 Å². The summed E-state index contributed by atoms with van der Waals surface area (Å²) in [5, 5.41) is 9.00. The van der Waals surface area contributed by atoms with Gasteiger partial charge in [0.05, 0.1) is 17.7 Å². The van der Waals surface area contributed by atoms with Crippen molar-refractivity contribution in [2.75, 3.05) is 6.61 Å². The first-order valence-electron chi connectivity index (χ1n) is 13.3. The number of carboxylic acids is 1. The third kappa shape index (κ3) is 9.04. The van der Waals surface area contributed by atoms with Gasteiger partial charge in [-0.25, -0.2) is 9.59 Å². The smallest absolute Gasteiger partial charge is 0.339 e. The van der Waals surface area contributed by atoms with Crippen molar-refractivity contribution in [2.24, 2.45) is 0 Å². The molecule has 0 bridgehead atoms. The molecule has 0 aliphatic heterocycles. The maximum atomic E-state index is 11.8. The number of rotatable bonds is 11. The summed E-state index contributed by atoms with van der Waals surface area (Å²) >= 11 is 0. The van der Waals surface area contributed by atoms with E-state index < -0.39 is 11.9 Å². The number of esters is 1. The molecule has 4 rings (SSSR count). The molecule has 0 radical (unpaired) electrons. The second-order valence-electron chi connectivity index (χ2n) is 9.06. The SMILES string of the molecule is CCCCCCCCOC(=O)c1ccccc1C(=O)O.c1ccc(-c2ccc(-c3ccccc3)cc2)cc1. The molecule has 4 heteroatoms. The summed E-state index contributed by atoms with van der Waals surface area (Å²) in [7, 11) is 0. The summed E-state index contributed by atoms with van der Waals surface area (Å²) in [5.41, 5.74) is 5.14. The maximum absolute atomic E-state index is 11.8. The Bertz CT molecular complexity index is 1190. The van der Waals surface area contributed by atoms with Gasteiger partial charge in [0, 0.05) is 0 Å². The number of aromatic carboxylic acids is 1. The Morgan fingerprint density at radius 2 is 0.974 bits per heavy atom. The Hall–Kier alpha value is -4.18. The molecule has 0 heterocycles. The molecule has 0 aliphatic carbocycles. The summed E-state index contributed by atoms with van der Waals surface area (Å²) in [6.07, 6.45) is 6.68. The van der Waals surface area contributed by atoms with Crippen molar-refractivity contribution < 1.29 is 19.4 Å². The molecule has 0 fully saturated rings. The number of hydrogen-bond donors (Lipinski definition) is 1. The van der Waals surface area contributed by atoms with E-state index in [-0.39, 0.29) is 11.1 Å². The lowest BCUT2D eigenvalue weighted by Crippen LogP contribution is -2.12. The van der Waals surface area contributed by atoms with Gasteiger partial charge in [0.15, 0.2) is 0 Å². The first kappa shape index (κ1) is 28.4. The van der Waals surface area contributed by atoms with Gasteiger partial charge in [-0.15, -0.1) is 0 Å². The second kappa shape index (κ2) is 15.8. The normalized spacial score (nSPS) is 10.2. The highest BCUT2D eigenvalue weighted by molar-refractivity contribution is 6.02. The molecule has 0 aromatic heterocycles. The minimum Gasteiger partial charge on any atom is -0.478 e. The van der Waals surface area contributed by atoms with Crippen molar-refractivity contribution in [2.45, 2.75) is 45.4 Å². The molecule has 4 aromatic rings. The van der Waals surface area contributed by atoms with Crippen LogP contribution in [0.2, 0.25) is 0 Å². The maximum Gasteiger partial charge on any atom is 0.339 e. The zero-order valence-corrected chi connectivity index (χ0v) is 22.0. The summed E-state index contributed by atoms with van der Waals surface area (Å²) in [4.78, 5) is 22.8. The molecular weight excluding hydrogens is 472 g/mol. The number of carbonyl (C=O) groups excluding carboxylic acids is 1. The van der Waals surface area contributed by atoms with E-state index >= 15 is 0 Å². The first-order chi connectivity index (χ1) is 18.6. The zero-order chi connectivity index (χ0) is 27.0. The predicted molar refractivity (Wildman–Crippen MR) is 154 cm³/mol. The number of carboxylic acid groups (broad SMARTS) is 1. The largest absolute Gasteiger partial charge is 0.478 e. The van der Waals surface area contributed by atoms with Crippen molar-refractivity contribution >= 4 is 11.9 Å². The van der Waals surface area contributed by atoms with Gasteiger partial charge in [-0.1, -0.05) is 136 Å². The predicted octanol–water partition coefficient (Wildman–Crippen LogP) is 8.92. The Morgan fingerprint density at radius 3 is 1.47 bits per heavy atom. The van der Waals surface area contributed by atoms with Gasteiger partial charge in [0.1, 0.15) is 0 Å². The van der Waals surface area contributed by atoms with Gasteiger partial charge in [-0.3, -0.25) is 0 Å². The van der Waals surface area contributed by atoms with Crippen LogP contribution < -0.4 is 0 Å². The van der Waals surface area contributed by atoms with Gasteiger partial charge in [-0.2, -0.15) is 0 Å². The fourth-order valence-corrected chi connectivity index (χ4v) is 4.09. The standard InChI is InChI=1S/C18H14.C16H22O4/c1-3-7-15(8-4-1)17-11-13-18(14-12-17)16-9-5-2-6-10-16;1-2-3-4-5-6-9-12-20-16(19)14-11-8-7-10-13(14)15(17)18/h1-14H;7-8,10-11H,2-6,9,12H2,1H3,(H,17,18). The fraction of sp³-hybridized carbons (Fsp3) is 0.235. The lowest BCUT2D eigenvalue weighted by Gasteiger charge is -2.07. The van der Waals surface area contributed by atoms with Crippen LogP contribution >= 0.6 is 0 Å². The van der Waals surface area contributed by atoms with Crippen molar-refractivity contribution in [1.29, 1.82) is 0 Å². The Kier molecular flexibility index (Phi) is 11.8. The van der Waals surface area contributed by atoms with Crippen molar-refractivity contribution in [3.8, 4) is 22.3 Å². The van der Waals surface area contributed by atoms with E-state index in [0.29, 0.717) is 6.61 Å². The number of ether oxygens (including phenoxy) is 1. The molecule has 4 aromatic carbocycles. The molecule has 196 valence electrons. The summed E-state index contributed by atoms with van der Waals surface area (Å²) in [6, 6.07) is 35.7. The van der Waals surface area contributed by atoms with Crippen molar-refractivity contribution in [3.05, 3.63) is 120 Å². The van der Waals surface area contributed by atoms with Crippen LogP contribution in [-0.4, -0.2) is 23.7 Å². The van der Waals surface area contributed by atoms with Crippen LogP contribution in [-0.2, 0) is 4.74 Å². The monoisotopic (exact) mass is 508 g/mol. The third-order valence-corrected chi connectivity index (χ3v) is 6.21. The molecule has 4 nitrogen and oxygen atoms in total. The highest BCUT2D eigenvalue weighted by Gasteiger charge is 2.16. The minimum atomic E-state index is -1.11. The van der Waals surface area contributed by atoms with Crippen LogP contribution in [0.5, 0.6) is 0 Å². The van der Waals surface area contributed by atoms with Gasteiger partial charge in [-0.05, 0) is 40.8 Å². The number of hydrogen-bond acceptors (Lipinski definition) is 3. The average Bonchev–Trinajstić information content (AvgIpc) is 2.98. The van der Waals surface area contributed by atoms with Crippen LogP contribution in [0, 0.1) is 0 Å². The summed E-state index contributed by atoms with van der Waals surface area (Å²) in [6.45, 7) is 2.51. The van der Waals surface area contributed by atoms with E-state index in [9.17, 15) is 9.59 Å². The van der Waals surface area contributed by atoms with Crippen molar-refractivity contribution in [1.82, 2.24) is 0 Å². The first-order valence-corrected chi connectivity index (χ1v) is 13.3. The van der Waals surface area contributed by atoms with Crippen LogP contribution in [0.25, 0.3) is 22.3 Å². The highest BCUT2D eigenvalue weighted by Crippen LogP contribution is 2.24. The Labute approximate surface area is 225 Å². The number of benzene rings is 4. The van der Waals surface area contributed by atoms with E-state index in [1.165, 1.54) is 53.6 Å². The lowest BCUT2D eigenvalue weighted by molar-refractivity contribution is 0.0487. The molecule has 1 N–H and O–H groups in total. The van der Waals surface area contributed by atoms with E-state index in [1.807, 2.05) is 12.1 Å². The summed E-state index contributed by atoms with van der Waals surface area (Å²) in [5.74, 6) is -1.67. The van der Waals surface area contributed by atoms with Crippen LogP contribution in [0.1, 0.15) is 66.2 Å². The number of carbonyl (C=O) groups is 2. The van der Waals surface area contributed by atoms with E-state index in [4.69, 9.17) is 9.84 Å². The lowest BCUT2D eigenvalue weighted by atomic mass is 10.0. The molecule has 0 spiro atoms. The Morgan fingerprint density at radius 1 is 0.553 bits per heavy atom. The molecule has 0 unspecified atom stereocenters. The highest BCUT2D eigenvalue weighted by atomic mass is 16.5. The van der Waals surface area contributed by atoms with Crippen LogP contribution in [0.15, 0.2) is 109 Å². The molecule has 0 saturated carbocycles. The second-order valence-corrected chi connectivity index (χ2v) is 9.06. The van der Waals surface area contributed by atoms with E-state index in [2.05, 4.69) is 79.7 Å². The van der Waals surface area contributed by atoms with Gasteiger partial charge in [0.25, 0.3) is 0 Å². The molecule has 0 saturated heterocycles. The zero-order valence-electron chi connectivity index (χ0n) is 22.0. The molecule has 0 atom stereocenters. The summed E-state index contributed by atoms with van der Waals surface area (Å²) < 4.78 is 5.12. The number of unbranched alkanes of at least 4 members (excludes halogenated alkanes) is 5. The van der Waals surface area contributed by atoms with Crippen LogP contribution in [0.4, 0.5) is 0 Å². The minimum absolute atomic E-state index is 0.0135. The molecule has 0 amide bonds. The molecule has 38 heavy (non-hydrogen) atoms. The Balaban J connectivity index is 0.000000211. The third-order valence-electron chi connectivity index (χ3n) is 6.21. The fourth-order valence-electron chi connectivity index (χ4n) is 4.09. The van der Waals surface area contributed by atoms with Crippen LogP contribution in [0.3, 0.4) is 0 Å². The van der Waals surface area contributed by atoms with E-state index in [0.717, 1.165) is 19.3 Å². The van der Waals surface area contributed by atoms with E-state index in [1.54, 1.807) is 12.1 Å².